The standard InChI is InChI=1S/C24H29NO4/c1-4-11-25-12-10-21(26)20(16-25)13-19-14-22(27-2)24(23(15-19)28-3)29-17-18-8-6-5-7-9-18/h5-9,13-15H,4,10-12,16-17H2,1-3H3/b20-13+. The summed E-state index contributed by atoms with van der Waals surface area (Å²) in [6.07, 6.45) is 3.59. The lowest BCUT2D eigenvalue weighted by Gasteiger charge is -2.27. The van der Waals surface area contributed by atoms with Crippen LogP contribution in [0.15, 0.2) is 48.0 Å². The van der Waals surface area contributed by atoms with Crippen LogP contribution in [-0.4, -0.2) is 44.5 Å². The zero-order valence-electron chi connectivity index (χ0n) is 17.4. The number of hydrogen-bond donors (Lipinski definition) is 0. The number of rotatable bonds is 8. The highest BCUT2D eigenvalue weighted by Gasteiger charge is 2.21. The van der Waals surface area contributed by atoms with E-state index < -0.39 is 0 Å². The number of carbonyl (C=O) groups is 1. The van der Waals surface area contributed by atoms with Gasteiger partial charge in [0.2, 0.25) is 5.75 Å². The number of piperidine rings is 1. The topological polar surface area (TPSA) is 48.0 Å². The Hall–Kier alpha value is -2.79. The van der Waals surface area contributed by atoms with Crippen LogP contribution in [0.2, 0.25) is 0 Å². The van der Waals surface area contributed by atoms with Gasteiger partial charge in [-0.3, -0.25) is 9.69 Å². The zero-order chi connectivity index (χ0) is 20.6. The molecule has 0 aliphatic carbocycles. The van der Waals surface area contributed by atoms with Gasteiger partial charge in [-0.05, 0) is 42.3 Å². The SMILES string of the molecule is CCCN1CCC(=O)/C(=C/c2cc(OC)c(OCc3ccccc3)c(OC)c2)C1. The predicted molar refractivity (Wildman–Crippen MR) is 115 cm³/mol. The van der Waals surface area contributed by atoms with Gasteiger partial charge in [-0.25, -0.2) is 0 Å². The van der Waals surface area contributed by atoms with E-state index >= 15 is 0 Å². The van der Waals surface area contributed by atoms with Crippen molar-refractivity contribution < 1.29 is 19.0 Å². The molecule has 0 aromatic heterocycles. The number of hydrogen-bond acceptors (Lipinski definition) is 5. The lowest BCUT2D eigenvalue weighted by molar-refractivity contribution is -0.117. The van der Waals surface area contributed by atoms with Crippen LogP contribution >= 0.6 is 0 Å². The molecule has 1 saturated heterocycles. The Bertz CT molecular complexity index is 835. The highest BCUT2D eigenvalue weighted by Crippen LogP contribution is 2.39. The molecule has 1 aliphatic heterocycles. The van der Waals surface area contributed by atoms with Crippen LogP contribution in [0, 0.1) is 0 Å². The fraction of sp³-hybridized carbons (Fsp3) is 0.375. The summed E-state index contributed by atoms with van der Waals surface area (Å²) in [5.74, 6) is 1.94. The van der Waals surface area contributed by atoms with E-state index in [0.717, 1.165) is 36.2 Å². The summed E-state index contributed by atoms with van der Waals surface area (Å²) in [6, 6.07) is 13.7. The first-order valence-corrected chi connectivity index (χ1v) is 10.0. The molecule has 1 heterocycles. The lowest BCUT2D eigenvalue weighted by atomic mass is 10.00. The second-order valence-electron chi connectivity index (χ2n) is 7.15. The van der Waals surface area contributed by atoms with Gasteiger partial charge in [0.05, 0.1) is 14.2 Å². The molecule has 0 unspecified atom stereocenters. The molecule has 0 radical (unpaired) electrons. The average Bonchev–Trinajstić information content (AvgIpc) is 2.75. The smallest absolute Gasteiger partial charge is 0.203 e. The summed E-state index contributed by atoms with van der Waals surface area (Å²) >= 11 is 0. The summed E-state index contributed by atoms with van der Waals surface area (Å²) < 4.78 is 17.1. The average molecular weight is 395 g/mol. The van der Waals surface area contributed by atoms with E-state index in [-0.39, 0.29) is 5.78 Å². The van der Waals surface area contributed by atoms with Crippen LogP contribution in [0.3, 0.4) is 0 Å². The molecule has 29 heavy (non-hydrogen) atoms. The minimum absolute atomic E-state index is 0.208. The molecule has 0 amide bonds. The third-order valence-electron chi connectivity index (χ3n) is 5.00. The predicted octanol–water partition coefficient (Wildman–Crippen LogP) is 4.35. The van der Waals surface area contributed by atoms with E-state index in [1.54, 1.807) is 14.2 Å². The Morgan fingerprint density at radius 3 is 2.38 bits per heavy atom. The highest BCUT2D eigenvalue weighted by molar-refractivity contribution is 6.00. The van der Waals surface area contributed by atoms with E-state index in [2.05, 4.69) is 11.8 Å². The number of benzene rings is 2. The summed E-state index contributed by atoms with van der Waals surface area (Å²) in [6.45, 7) is 5.10. The molecule has 0 spiro atoms. The van der Waals surface area contributed by atoms with Crippen molar-refractivity contribution in [2.24, 2.45) is 0 Å². The van der Waals surface area contributed by atoms with Crippen molar-refractivity contribution in [1.82, 2.24) is 4.90 Å². The van der Waals surface area contributed by atoms with Gasteiger partial charge in [0.1, 0.15) is 6.61 Å². The van der Waals surface area contributed by atoms with Crippen molar-refractivity contribution in [3.63, 3.8) is 0 Å². The van der Waals surface area contributed by atoms with Crippen LogP contribution in [0.4, 0.5) is 0 Å². The number of ketones is 1. The number of methoxy groups -OCH3 is 2. The maximum Gasteiger partial charge on any atom is 0.203 e. The molecule has 0 N–H and O–H groups in total. The van der Waals surface area contributed by atoms with E-state index in [1.165, 1.54) is 0 Å². The summed E-state index contributed by atoms with van der Waals surface area (Å²) in [5, 5.41) is 0. The molecule has 1 fully saturated rings. The van der Waals surface area contributed by atoms with Gasteiger partial charge in [-0.2, -0.15) is 0 Å². The van der Waals surface area contributed by atoms with Gasteiger partial charge < -0.3 is 14.2 Å². The largest absolute Gasteiger partial charge is 0.493 e. The monoisotopic (exact) mass is 395 g/mol. The molecule has 5 heteroatoms. The molecule has 5 nitrogen and oxygen atoms in total. The van der Waals surface area contributed by atoms with Gasteiger partial charge in [0.15, 0.2) is 17.3 Å². The minimum atomic E-state index is 0.208. The number of ether oxygens (including phenoxy) is 3. The summed E-state index contributed by atoms with van der Waals surface area (Å²) in [5.41, 5.74) is 2.76. The van der Waals surface area contributed by atoms with Crippen LogP contribution in [0.25, 0.3) is 6.08 Å². The third kappa shape index (κ3) is 5.39. The maximum absolute atomic E-state index is 12.4. The molecule has 154 valence electrons. The van der Waals surface area contributed by atoms with E-state index in [4.69, 9.17) is 14.2 Å². The first-order chi connectivity index (χ1) is 14.1. The molecule has 1 aliphatic rings. The van der Waals surface area contributed by atoms with Crippen LogP contribution in [0.1, 0.15) is 30.9 Å². The van der Waals surface area contributed by atoms with Gasteiger partial charge in [0.25, 0.3) is 0 Å². The van der Waals surface area contributed by atoms with Gasteiger partial charge >= 0.3 is 0 Å². The van der Waals surface area contributed by atoms with Crippen molar-refractivity contribution in [2.75, 3.05) is 33.9 Å². The second kappa shape index (κ2) is 10.1. The Morgan fingerprint density at radius 2 is 1.76 bits per heavy atom. The van der Waals surface area contributed by atoms with Crippen LogP contribution < -0.4 is 14.2 Å². The van der Waals surface area contributed by atoms with E-state index in [9.17, 15) is 4.79 Å². The number of likely N-dealkylation sites (tertiary alicyclic amines) is 1. The van der Waals surface area contributed by atoms with Gasteiger partial charge in [-0.1, -0.05) is 37.3 Å². The molecule has 0 saturated carbocycles. The first-order valence-electron chi connectivity index (χ1n) is 10.0. The molecule has 3 rings (SSSR count). The van der Waals surface area contributed by atoms with Crippen molar-refractivity contribution >= 4 is 11.9 Å². The van der Waals surface area contributed by atoms with Gasteiger partial charge in [0, 0.05) is 25.1 Å². The van der Waals surface area contributed by atoms with Crippen LogP contribution in [0.5, 0.6) is 17.2 Å². The normalized spacial score (nSPS) is 16.1. The summed E-state index contributed by atoms with van der Waals surface area (Å²) in [7, 11) is 3.21. The fourth-order valence-electron chi connectivity index (χ4n) is 3.52. The zero-order valence-corrected chi connectivity index (χ0v) is 17.4. The first kappa shape index (κ1) is 20.9. The number of carbonyl (C=O) groups excluding carboxylic acids is 1. The molecular weight excluding hydrogens is 366 g/mol. The second-order valence-corrected chi connectivity index (χ2v) is 7.15. The van der Waals surface area contributed by atoms with E-state index in [0.29, 0.717) is 36.8 Å². The maximum atomic E-state index is 12.4. The molecular formula is C24H29NO4. The summed E-state index contributed by atoms with van der Waals surface area (Å²) in [4.78, 5) is 14.7. The Balaban J connectivity index is 1.86. The van der Waals surface area contributed by atoms with Crippen molar-refractivity contribution in [3.8, 4) is 17.2 Å². The molecule has 0 bridgehead atoms. The molecule has 2 aromatic carbocycles. The minimum Gasteiger partial charge on any atom is -0.493 e. The van der Waals surface area contributed by atoms with Crippen LogP contribution in [-0.2, 0) is 11.4 Å². The lowest BCUT2D eigenvalue weighted by Crippen LogP contribution is -2.36. The Labute approximate surface area is 172 Å². The van der Waals surface area contributed by atoms with Gasteiger partial charge in [-0.15, -0.1) is 0 Å². The van der Waals surface area contributed by atoms with Crippen molar-refractivity contribution in [1.29, 1.82) is 0 Å². The molecule has 0 atom stereocenters. The van der Waals surface area contributed by atoms with Crippen molar-refractivity contribution in [3.05, 3.63) is 59.2 Å². The number of Topliss-reactive ketones (excluding diaryl/α,β-unsaturated/α-hetero) is 1. The third-order valence-corrected chi connectivity index (χ3v) is 5.00. The molecule has 2 aromatic rings. The van der Waals surface area contributed by atoms with E-state index in [1.807, 2.05) is 48.5 Å². The highest BCUT2D eigenvalue weighted by atomic mass is 16.5. The van der Waals surface area contributed by atoms with Crippen molar-refractivity contribution in [2.45, 2.75) is 26.4 Å². The Kier molecular flexibility index (Phi) is 7.30. The fourth-order valence-corrected chi connectivity index (χ4v) is 3.52. The quantitative estimate of drug-likeness (QED) is 0.622. The number of nitrogens with zero attached hydrogens (tertiary/aromatic N) is 1. The Morgan fingerprint density at radius 1 is 1.07 bits per heavy atom.